The smallest absolute Gasteiger partial charge is 0.338 e. The SMILES string of the molecule is CCOC(=O)c1ccc(N2C(=O)C(=O)C(=C(O)c3ccccc3)[C@H]2c2cccc([N+](=O)[O-])c2)cc1. The van der Waals surface area contributed by atoms with Crippen LogP contribution in [0.15, 0.2) is 84.4 Å². The van der Waals surface area contributed by atoms with Crippen molar-refractivity contribution in [3.8, 4) is 0 Å². The second-order valence-electron chi connectivity index (χ2n) is 7.65. The van der Waals surface area contributed by atoms with Crippen LogP contribution in [0.1, 0.15) is 34.5 Å². The Hall–Kier alpha value is -4.79. The molecule has 4 rings (SSSR count). The molecule has 0 aliphatic carbocycles. The lowest BCUT2D eigenvalue weighted by Gasteiger charge is -2.25. The first-order chi connectivity index (χ1) is 16.8. The van der Waals surface area contributed by atoms with E-state index in [9.17, 15) is 29.6 Å². The van der Waals surface area contributed by atoms with Crippen LogP contribution in [0.2, 0.25) is 0 Å². The average molecular weight is 472 g/mol. The first kappa shape index (κ1) is 23.4. The van der Waals surface area contributed by atoms with Gasteiger partial charge < -0.3 is 9.84 Å². The molecule has 3 aromatic rings. The number of benzene rings is 3. The molecule has 1 aliphatic heterocycles. The van der Waals surface area contributed by atoms with E-state index in [4.69, 9.17) is 4.74 Å². The number of aliphatic hydroxyl groups excluding tert-OH is 1. The van der Waals surface area contributed by atoms with E-state index in [2.05, 4.69) is 0 Å². The summed E-state index contributed by atoms with van der Waals surface area (Å²) in [5.74, 6) is -2.79. The van der Waals surface area contributed by atoms with Gasteiger partial charge in [-0.25, -0.2) is 4.79 Å². The highest BCUT2D eigenvalue weighted by atomic mass is 16.6. The van der Waals surface area contributed by atoms with Gasteiger partial charge in [0.1, 0.15) is 5.76 Å². The number of carbonyl (C=O) groups excluding carboxylic acids is 3. The van der Waals surface area contributed by atoms with E-state index in [-0.39, 0.29) is 34.7 Å². The van der Waals surface area contributed by atoms with E-state index in [0.29, 0.717) is 5.56 Å². The number of nitrogens with zero attached hydrogens (tertiary/aromatic N) is 2. The molecule has 1 aliphatic rings. The Balaban J connectivity index is 1.89. The molecular weight excluding hydrogens is 452 g/mol. The molecule has 0 spiro atoms. The molecule has 3 aromatic carbocycles. The predicted molar refractivity (Wildman–Crippen MR) is 127 cm³/mol. The van der Waals surface area contributed by atoms with Crippen molar-refractivity contribution in [1.82, 2.24) is 0 Å². The third-order valence-corrected chi connectivity index (χ3v) is 5.55. The molecule has 0 unspecified atom stereocenters. The number of nitro benzene ring substituents is 1. The minimum Gasteiger partial charge on any atom is -0.507 e. The maximum Gasteiger partial charge on any atom is 0.338 e. The molecule has 176 valence electrons. The Morgan fingerprint density at radius 3 is 2.31 bits per heavy atom. The number of nitro groups is 1. The van der Waals surface area contributed by atoms with Gasteiger partial charge in [-0.2, -0.15) is 0 Å². The van der Waals surface area contributed by atoms with Crippen molar-refractivity contribution < 1.29 is 29.2 Å². The van der Waals surface area contributed by atoms with Crippen LogP contribution >= 0.6 is 0 Å². The molecular formula is C26H20N2O7. The Labute approximate surface area is 200 Å². The molecule has 9 nitrogen and oxygen atoms in total. The molecule has 1 fully saturated rings. The predicted octanol–water partition coefficient (Wildman–Crippen LogP) is 4.40. The fourth-order valence-corrected chi connectivity index (χ4v) is 3.95. The highest BCUT2D eigenvalue weighted by Crippen LogP contribution is 2.42. The van der Waals surface area contributed by atoms with Crippen molar-refractivity contribution in [3.05, 3.63) is 111 Å². The number of esters is 1. The summed E-state index contributed by atoms with van der Waals surface area (Å²) >= 11 is 0. The zero-order valence-corrected chi connectivity index (χ0v) is 18.6. The lowest BCUT2D eigenvalue weighted by atomic mass is 9.94. The Bertz CT molecular complexity index is 1350. The van der Waals surface area contributed by atoms with Crippen LogP contribution in [0.5, 0.6) is 0 Å². The number of carbonyl (C=O) groups is 3. The Morgan fingerprint density at radius 1 is 1.00 bits per heavy atom. The van der Waals surface area contributed by atoms with Gasteiger partial charge in [0.25, 0.3) is 17.4 Å². The molecule has 0 bridgehead atoms. The van der Waals surface area contributed by atoms with Crippen LogP contribution in [0.4, 0.5) is 11.4 Å². The zero-order chi connectivity index (χ0) is 25.1. The van der Waals surface area contributed by atoms with Gasteiger partial charge >= 0.3 is 5.97 Å². The summed E-state index contributed by atoms with van der Waals surface area (Å²) in [5, 5.41) is 22.4. The fourth-order valence-electron chi connectivity index (χ4n) is 3.95. The van der Waals surface area contributed by atoms with Crippen LogP contribution in [0, 0.1) is 10.1 Å². The summed E-state index contributed by atoms with van der Waals surface area (Å²) < 4.78 is 4.98. The highest BCUT2D eigenvalue weighted by Gasteiger charge is 2.47. The van der Waals surface area contributed by atoms with Gasteiger partial charge in [-0.1, -0.05) is 42.5 Å². The molecule has 1 saturated heterocycles. The number of ketones is 1. The van der Waals surface area contributed by atoms with E-state index in [1.165, 1.54) is 42.5 Å². The van der Waals surface area contributed by atoms with E-state index in [0.717, 1.165) is 4.90 Å². The van der Waals surface area contributed by atoms with E-state index >= 15 is 0 Å². The Kier molecular flexibility index (Phi) is 6.41. The number of Topliss-reactive ketones (excluding diaryl/α,β-unsaturated/α-hetero) is 1. The lowest BCUT2D eigenvalue weighted by molar-refractivity contribution is -0.384. The number of hydrogen-bond donors (Lipinski definition) is 1. The summed E-state index contributed by atoms with van der Waals surface area (Å²) in [6.45, 7) is 1.87. The largest absolute Gasteiger partial charge is 0.507 e. The van der Waals surface area contributed by atoms with Gasteiger partial charge in [-0.3, -0.25) is 24.6 Å². The number of rotatable bonds is 6. The van der Waals surface area contributed by atoms with E-state index in [1.807, 2.05) is 0 Å². The van der Waals surface area contributed by atoms with Crippen molar-refractivity contribution in [2.45, 2.75) is 13.0 Å². The van der Waals surface area contributed by atoms with Crippen molar-refractivity contribution in [2.75, 3.05) is 11.5 Å². The summed E-state index contributed by atoms with van der Waals surface area (Å²) in [6, 6.07) is 18.5. The van der Waals surface area contributed by atoms with Crippen LogP contribution in [-0.2, 0) is 14.3 Å². The maximum absolute atomic E-state index is 13.2. The number of ether oxygens (including phenoxy) is 1. The second-order valence-corrected chi connectivity index (χ2v) is 7.65. The molecule has 1 heterocycles. The van der Waals surface area contributed by atoms with Crippen LogP contribution in [0.25, 0.3) is 5.76 Å². The maximum atomic E-state index is 13.2. The third kappa shape index (κ3) is 4.39. The van der Waals surface area contributed by atoms with Gasteiger partial charge in [0, 0.05) is 23.4 Å². The standard InChI is InChI=1S/C26H20N2O7/c1-2-35-26(32)17-11-13-19(14-12-17)27-22(18-9-6-10-20(15-18)28(33)34)21(24(30)25(27)31)23(29)16-7-4-3-5-8-16/h3-15,22,29H,2H2,1H3/t22-/m1/s1. The van der Waals surface area contributed by atoms with Gasteiger partial charge in [-0.15, -0.1) is 0 Å². The lowest BCUT2D eigenvalue weighted by Crippen LogP contribution is -2.29. The molecule has 0 radical (unpaired) electrons. The second kappa shape index (κ2) is 9.60. The highest BCUT2D eigenvalue weighted by molar-refractivity contribution is 6.51. The van der Waals surface area contributed by atoms with Crippen molar-refractivity contribution >= 4 is 34.8 Å². The number of non-ortho nitro benzene ring substituents is 1. The number of anilines is 1. The van der Waals surface area contributed by atoms with Gasteiger partial charge in [0.05, 0.1) is 28.7 Å². The minimum atomic E-state index is -1.14. The van der Waals surface area contributed by atoms with Crippen molar-refractivity contribution in [2.24, 2.45) is 0 Å². The molecule has 0 saturated carbocycles. The van der Waals surface area contributed by atoms with E-state index in [1.54, 1.807) is 43.3 Å². The van der Waals surface area contributed by atoms with Gasteiger partial charge in [0.15, 0.2) is 0 Å². The summed E-state index contributed by atoms with van der Waals surface area (Å²) in [5.41, 5.74) is 0.678. The van der Waals surface area contributed by atoms with E-state index < -0.39 is 34.4 Å². The topological polar surface area (TPSA) is 127 Å². The molecule has 1 amide bonds. The monoisotopic (exact) mass is 472 g/mol. The average Bonchev–Trinajstić information content (AvgIpc) is 3.14. The normalized spacial score (nSPS) is 16.8. The number of amides is 1. The van der Waals surface area contributed by atoms with Gasteiger partial charge in [-0.05, 0) is 36.8 Å². The molecule has 0 aromatic heterocycles. The first-order valence-corrected chi connectivity index (χ1v) is 10.7. The number of aliphatic hydroxyl groups is 1. The summed E-state index contributed by atoms with van der Waals surface area (Å²) in [7, 11) is 0. The van der Waals surface area contributed by atoms with Crippen LogP contribution < -0.4 is 4.90 Å². The fraction of sp³-hybridized carbons (Fsp3) is 0.115. The summed E-state index contributed by atoms with van der Waals surface area (Å²) in [4.78, 5) is 50.3. The molecule has 1 N–H and O–H groups in total. The number of hydrogen-bond acceptors (Lipinski definition) is 7. The Morgan fingerprint density at radius 2 is 1.69 bits per heavy atom. The van der Waals surface area contributed by atoms with Crippen molar-refractivity contribution in [3.63, 3.8) is 0 Å². The zero-order valence-electron chi connectivity index (χ0n) is 18.6. The quantitative estimate of drug-likeness (QED) is 0.141. The third-order valence-electron chi connectivity index (χ3n) is 5.55. The molecule has 35 heavy (non-hydrogen) atoms. The van der Waals surface area contributed by atoms with Gasteiger partial charge in [0.2, 0.25) is 0 Å². The molecule has 1 atom stereocenters. The van der Waals surface area contributed by atoms with Crippen LogP contribution in [-0.4, -0.2) is 34.3 Å². The molecule has 9 heteroatoms. The van der Waals surface area contributed by atoms with Crippen molar-refractivity contribution in [1.29, 1.82) is 0 Å². The first-order valence-electron chi connectivity index (χ1n) is 10.7. The summed E-state index contributed by atoms with van der Waals surface area (Å²) in [6.07, 6.45) is 0. The van der Waals surface area contributed by atoms with Crippen LogP contribution in [0.3, 0.4) is 0 Å². The minimum absolute atomic E-state index is 0.196.